The lowest BCUT2D eigenvalue weighted by Gasteiger charge is -2.21. The van der Waals surface area contributed by atoms with E-state index >= 15 is 0 Å². The van der Waals surface area contributed by atoms with Crippen LogP contribution in [0.3, 0.4) is 0 Å². The molecule has 0 rings (SSSR count). The van der Waals surface area contributed by atoms with E-state index in [4.69, 9.17) is 10.2 Å². The van der Waals surface area contributed by atoms with Crippen molar-refractivity contribution in [2.45, 2.75) is 49.4 Å². The van der Waals surface area contributed by atoms with Crippen molar-refractivity contribution in [3.8, 4) is 0 Å². The minimum Gasteiger partial charge on any atom is -0.612 e. The molecule has 5 nitrogen and oxygen atoms in total. The van der Waals surface area contributed by atoms with Crippen molar-refractivity contribution in [3.63, 3.8) is 0 Å². The number of rotatable bonds is 10. The Hall–Kier alpha value is 0.150. The molecule has 98 valence electrons. The molecule has 0 aromatic heterocycles. The quantitative estimate of drug-likeness (QED) is 0.316. The predicted molar refractivity (Wildman–Crippen MR) is 62.0 cm³/mol. The van der Waals surface area contributed by atoms with Gasteiger partial charge in [0.1, 0.15) is 0 Å². The second-order valence-corrected chi connectivity index (χ2v) is 5.42. The van der Waals surface area contributed by atoms with Gasteiger partial charge in [-0.2, -0.15) is 0 Å². The first kappa shape index (κ1) is 16.1. The molecule has 0 aliphatic heterocycles. The van der Waals surface area contributed by atoms with Crippen molar-refractivity contribution in [1.29, 1.82) is 0 Å². The van der Waals surface area contributed by atoms with Crippen LogP contribution in [0.15, 0.2) is 0 Å². The maximum Gasteiger partial charge on any atom is 0.215 e. The molecule has 0 fully saturated rings. The molecule has 0 aromatic rings. The van der Waals surface area contributed by atoms with Gasteiger partial charge in [0, 0.05) is 37.2 Å². The van der Waals surface area contributed by atoms with Crippen LogP contribution in [0, 0.1) is 0 Å². The van der Waals surface area contributed by atoms with Crippen LogP contribution in [0.25, 0.3) is 0 Å². The molecule has 0 saturated carbocycles. The van der Waals surface area contributed by atoms with Gasteiger partial charge in [-0.15, -0.1) is 0 Å². The Morgan fingerprint density at radius 2 is 1.19 bits per heavy atom. The van der Waals surface area contributed by atoms with Gasteiger partial charge in [0.15, 0.2) is 0 Å². The van der Waals surface area contributed by atoms with Crippen molar-refractivity contribution >= 4 is 11.2 Å². The Labute approximate surface area is 99.3 Å². The van der Waals surface area contributed by atoms with Crippen LogP contribution in [0.5, 0.6) is 0 Å². The number of aliphatic hydroxyl groups excluding tert-OH is 4. The fraction of sp³-hybridized carbons (Fsp3) is 1.00. The third kappa shape index (κ3) is 7.43. The zero-order valence-corrected chi connectivity index (χ0v) is 10.2. The summed E-state index contributed by atoms with van der Waals surface area (Å²) in [6.07, 6.45) is 2.96. The summed E-state index contributed by atoms with van der Waals surface area (Å²) in [5, 5.41) is 36.0. The van der Waals surface area contributed by atoms with Gasteiger partial charge in [-0.3, -0.25) is 0 Å². The highest BCUT2D eigenvalue weighted by Gasteiger charge is 2.26. The van der Waals surface area contributed by atoms with Crippen molar-refractivity contribution < 1.29 is 25.0 Å². The molecule has 0 radical (unpaired) electrons. The normalized spacial score (nSPS) is 17.1. The number of hydrogen-bond acceptors (Lipinski definition) is 5. The highest BCUT2D eigenvalue weighted by atomic mass is 32.2. The van der Waals surface area contributed by atoms with E-state index in [1.807, 2.05) is 0 Å². The minimum absolute atomic E-state index is 0.0540. The Morgan fingerprint density at radius 1 is 0.812 bits per heavy atom. The molecule has 16 heavy (non-hydrogen) atoms. The van der Waals surface area contributed by atoms with E-state index in [1.165, 1.54) is 0 Å². The molecule has 2 atom stereocenters. The van der Waals surface area contributed by atoms with E-state index in [1.54, 1.807) is 0 Å². The van der Waals surface area contributed by atoms with E-state index in [-0.39, 0.29) is 13.2 Å². The molecule has 0 bridgehead atoms. The van der Waals surface area contributed by atoms with E-state index < -0.39 is 22.0 Å². The lowest BCUT2D eigenvalue weighted by molar-refractivity contribution is 0.190. The maximum absolute atomic E-state index is 11.5. The Balaban J connectivity index is 3.68. The lowest BCUT2D eigenvalue weighted by atomic mass is 10.2. The predicted octanol–water partition coefficient (Wildman–Crippen LogP) is -0.303. The summed E-state index contributed by atoms with van der Waals surface area (Å²) in [6, 6.07) is 0. The second-order valence-electron chi connectivity index (χ2n) is 3.68. The Kier molecular flexibility index (Phi) is 10.4. The molecule has 2 unspecified atom stereocenters. The highest BCUT2D eigenvalue weighted by Crippen LogP contribution is 2.16. The SMILES string of the molecule is [O-][S+](C(O)CCCCO)C(O)CCCCO. The second kappa shape index (κ2) is 10.3. The van der Waals surface area contributed by atoms with Crippen LogP contribution in [0.2, 0.25) is 0 Å². The molecule has 0 aliphatic carbocycles. The van der Waals surface area contributed by atoms with Gasteiger partial charge in [-0.1, -0.05) is 0 Å². The molecule has 6 heteroatoms. The molecule has 4 N–H and O–H groups in total. The van der Waals surface area contributed by atoms with Gasteiger partial charge >= 0.3 is 0 Å². The van der Waals surface area contributed by atoms with Gasteiger partial charge in [-0.05, 0) is 25.7 Å². The molecule has 0 aliphatic rings. The van der Waals surface area contributed by atoms with Gasteiger partial charge < -0.3 is 25.0 Å². The van der Waals surface area contributed by atoms with Crippen LogP contribution in [-0.4, -0.2) is 49.1 Å². The van der Waals surface area contributed by atoms with Gasteiger partial charge in [-0.25, -0.2) is 0 Å². The number of unbranched alkanes of at least 4 members (excludes halogenated alkanes) is 2. The fourth-order valence-corrected chi connectivity index (χ4v) is 2.44. The maximum atomic E-state index is 11.5. The average Bonchev–Trinajstić information content (AvgIpc) is 2.28. The Morgan fingerprint density at radius 3 is 1.50 bits per heavy atom. The number of aliphatic hydroxyl groups is 4. The van der Waals surface area contributed by atoms with Crippen LogP contribution < -0.4 is 0 Å². The zero-order valence-electron chi connectivity index (χ0n) is 9.42. The zero-order chi connectivity index (χ0) is 12.4. The van der Waals surface area contributed by atoms with Gasteiger partial charge in [0.25, 0.3) is 0 Å². The monoisotopic (exact) mass is 254 g/mol. The van der Waals surface area contributed by atoms with Crippen molar-refractivity contribution in [2.24, 2.45) is 0 Å². The molecule has 0 heterocycles. The molecule has 0 saturated heterocycles. The summed E-state index contributed by atoms with van der Waals surface area (Å²) in [4.78, 5) is 0. The lowest BCUT2D eigenvalue weighted by Crippen LogP contribution is -2.32. The summed E-state index contributed by atoms with van der Waals surface area (Å²) in [5.74, 6) is 0. The third-order valence-corrected chi connectivity index (χ3v) is 3.80. The summed E-state index contributed by atoms with van der Waals surface area (Å²) in [5.41, 5.74) is -2.06. The molecule has 0 aromatic carbocycles. The van der Waals surface area contributed by atoms with E-state index in [9.17, 15) is 14.8 Å². The Bertz CT molecular complexity index is 142. The summed E-state index contributed by atoms with van der Waals surface area (Å²) < 4.78 is 11.5. The fourth-order valence-electron chi connectivity index (χ4n) is 1.28. The summed E-state index contributed by atoms with van der Waals surface area (Å²) in [7, 11) is 0. The molecular formula is C10H22O5S. The first-order chi connectivity index (χ1) is 7.63. The largest absolute Gasteiger partial charge is 0.612 e. The molecule has 0 spiro atoms. The van der Waals surface area contributed by atoms with Crippen molar-refractivity contribution in [1.82, 2.24) is 0 Å². The first-order valence-electron chi connectivity index (χ1n) is 5.60. The molecular weight excluding hydrogens is 232 g/mol. The summed E-state index contributed by atoms with van der Waals surface area (Å²) >= 11 is -1.67. The van der Waals surface area contributed by atoms with Crippen LogP contribution in [0.1, 0.15) is 38.5 Å². The third-order valence-electron chi connectivity index (χ3n) is 2.25. The van der Waals surface area contributed by atoms with Crippen LogP contribution in [-0.2, 0) is 11.2 Å². The number of hydrogen-bond donors (Lipinski definition) is 4. The van der Waals surface area contributed by atoms with E-state index in [0.717, 1.165) is 0 Å². The standard InChI is InChI=1S/C10H22O5S/c11-7-3-1-5-9(13)16(15)10(14)6-2-4-8-12/h9-14H,1-8H2. The van der Waals surface area contributed by atoms with E-state index in [2.05, 4.69) is 0 Å². The first-order valence-corrected chi connectivity index (χ1v) is 6.88. The van der Waals surface area contributed by atoms with E-state index in [0.29, 0.717) is 38.5 Å². The summed E-state index contributed by atoms with van der Waals surface area (Å²) in [6.45, 7) is 0.108. The topological polar surface area (TPSA) is 104 Å². The van der Waals surface area contributed by atoms with Gasteiger partial charge in [0.05, 0.1) is 0 Å². The van der Waals surface area contributed by atoms with Crippen molar-refractivity contribution in [3.05, 3.63) is 0 Å². The van der Waals surface area contributed by atoms with Crippen molar-refractivity contribution in [2.75, 3.05) is 13.2 Å². The highest BCUT2D eigenvalue weighted by molar-refractivity contribution is 7.92. The molecule has 0 amide bonds. The van der Waals surface area contributed by atoms with Crippen LogP contribution >= 0.6 is 0 Å². The van der Waals surface area contributed by atoms with Crippen LogP contribution in [0.4, 0.5) is 0 Å². The smallest absolute Gasteiger partial charge is 0.215 e. The van der Waals surface area contributed by atoms with Gasteiger partial charge in [0.2, 0.25) is 10.9 Å². The average molecular weight is 254 g/mol. The minimum atomic E-state index is -1.67.